The lowest BCUT2D eigenvalue weighted by Gasteiger charge is -2.21. The lowest BCUT2D eigenvalue weighted by Crippen LogP contribution is -2.29. The van der Waals surface area contributed by atoms with E-state index < -0.39 is 11.7 Å². The number of nitrogens with one attached hydrogen (secondary N) is 1. The van der Waals surface area contributed by atoms with Gasteiger partial charge in [-0.1, -0.05) is 15.9 Å². The van der Waals surface area contributed by atoms with Gasteiger partial charge in [0.2, 0.25) is 0 Å². The van der Waals surface area contributed by atoms with Crippen molar-refractivity contribution in [3.8, 4) is 0 Å². The maximum Gasteiger partial charge on any atom is 0.417 e. The largest absolute Gasteiger partial charge is 0.417 e. The summed E-state index contributed by atoms with van der Waals surface area (Å²) >= 11 is 3.04. The van der Waals surface area contributed by atoms with Gasteiger partial charge in [-0.15, -0.1) is 0 Å². The van der Waals surface area contributed by atoms with Gasteiger partial charge in [-0.05, 0) is 31.0 Å². The fraction of sp³-hybridized carbons (Fsp3) is 0.417. The first-order valence-corrected chi connectivity index (χ1v) is 6.39. The van der Waals surface area contributed by atoms with Gasteiger partial charge < -0.3 is 4.90 Å². The van der Waals surface area contributed by atoms with Gasteiger partial charge in [-0.25, -0.2) is 0 Å². The predicted octanol–water partition coefficient (Wildman–Crippen LogP) is 3.89. The van der Waals surface area contributed by atoms with Crippen LogP contribution in [0.1, 0.15) is 24.0 Å². The van der Waals surface area contributed by atoms with Crippen molar-refractivity contribution in [2.45, 2.75) is 19.0 Å². The molecule has 6 heteroatoms. The fourth-order valence-electron chi connectivity index (χ4n) is 2.07. The van der Waals surface area contributed by atoms with Gasteiger partial charge in [0.25, 0.3) is 0 Å². The smallest absolute Gasteiger partial charge is 0.357 e. The Balaban J connectivity index is 2.40. The molecule has 1 fully saturated rings. The normalized spacial score (nSPS) is 16.1. The van der Waals surface area contributed by atoms with Crippen molar-refractivity contribution in [2.24, 2.45) is 0 Å². The molecule has 2 rings (SSSR count). The van der Waals surface area contributed by atoms with E-state index in [9.17, 15) is 13.2 Å². The number of nitrogens with zero attached hydrogens (tertiary/aromatic N) is 1. The van der Waals surface area contributed by atoms with Crippen LogP contribution < -0.4 is 0 Å². The molecule has 0 amide bonds. The second kappa shape index (κ2) is 4.91. The lowest BCUT2D eigenvalue weighted by molar-refractivity contribution is -0.137. The summed E-state index contributed by atoms with van der Waals surface area (Å²) in [5, 5.41) is 7.93. The maximum atomic E-state index is 12.9. The first-order valence-electron chi connectivity index (χ1n) is 5.60. The van der Waals surface area contributed by atoms with E-state index in [-0.39, 0.29) is 11.4 Å². The Morgan fingerprint density at radius 1 is 1.22 bits per heavy atom. The quantitative estimate of drug-likeness (QED) is 0.617. The number of hydrogen-bond acceptors (Lipinski definition) is 1. The van der Waals surface area contributed by atoms with Crippen LogP contribution in [0.25, 0.3) is 0 Å². The molecular weight excluding hydrogens is 309 g/mol. The molecule has 1 aliphatic heterocycles. The molecule has 18 heavy (non-hydrogen) atoms. The van der Waals surface area contributed by atoms with E-state index in [1.165, 1.54) is 12.1 Å². The lowest BCUT2D eigenvalue weighted by atomic mass is 10.1. The second-order valence-corrected chi connectivity index (χ2v) is 5.15. The molecule has 0 aliphatic carbocycles. The molecule has 1 aliphatic rings. The van der Waals surface area contributed by atoms with E-state index >= 15 is 0 Å². The van der Waals surface area contributed by atoms with Crippen LogP contribution in [-0.2, 0) is 6.18 Å². The van der Waals surface area contributed by atoms with Gasteiger partial charge in [0.05, 0.1) is 5.56 Å². The zero-order valence-electron chi connectivity index (χ0n) is 9.52. The zero-order chi connectivity index (χ0) is 13.3. The van der Waals surface area contributed by atoms with Gasteiger partial charge in [-0.2, -0.15) is 13.2 Å². The summed E-state index contributed by atoms with van der Waals surface area (Å²) in [6.45, 7) is 1.32. The molecule has 1 aromatic carbocycles. The molecule has 2 nitrogen and oxygen atoms in total. The minimum Gasteiger partial charge on any atom is -0.357 e. The third-order valence-electron chi connectivity index (χ3n) is 2.96. The summed E-state index contributed by atoms with van der Waals surface area (Å²) in [4.78, 5) is 1.69. The first kappa shape index (κ1) is 13.4. The number of amidine groups is 1. The van der Waals surface area contributed by atoms with Crippen LogP contribution in [0.3, 0.4) is 0 Å². The van der Waals surface area contributed by atoms with Gasteiger partial charge in [0.1, 0.15) is 5.84 Å². The zero-order valence-corrected chi connectivity index (χ0v) is 11.1. The Bertz CT molecular complexity index is 465. The van der Waals surface area contributed by atoms with Gasteiger partial charge in [0, 0.05) is 23.1 Å². The van der Waals surface area contributed by atoms with Crippen LogP contribution in [0.4, 0.5) is 13.2 Å². The summed E-state index contributed by atoms with van der Waals surface area (Å²) < 4.78 is 39.2. The standard InChI is InChI=1S/C12H12BrF3N2/c13-8-3-4-9(10(7-8)12(14,15)16)11(17)18-5-1-2-6-18/h3-4,7,17H,1-2,5-6H2. The van der Waals surface area contributed by atoms with E-state index in [1.54, 1.807) is 4.90 Å². The molecular formula is C12H12BrF3N2. The summed E-state index contributed by atoms with van der Waals surface area (Å²) in [7, 11) is 0. The highest BCUT2D eigenvalue weighted by atomic mass is 79.9. The Morgan fingerprint density at radius 3 is 2.39 bits per heavy atom. The molecule has 1 N–H and O–H groups in total. The SMILES string of the molecule is N=C(c1ccc(Br)cc1C(F)(F)F)N1CCCC1. The average molecular weight is 321 g/mol. The van der Waals surface area contributed by atoms with Gasteiger partial charge in [-0.3, -0.25) is 5.41 Å². The summed E-state index contributed by atoms with van der Waals surface area (Å²) in [6.07, 6.45) is -2.58. The van der Waals surface area contributed by atoms with Crippen LogP contribution >= 0.6 is 15.9 Å². The number of alkyl halides is 3. The van der Waals surface area contributed by atoms with Crippen LogP contribution in [0.15, 0.2) is 22.7 Å². The number of benzene rings is 1. The Kier molecular flexibility index (Phi) is 3.66. The highest BCUT2D eigenvalue weighted by Gasteiger charge is 2.35. The predicted molar refractivity (Wildman–Crippen MR) is 66.8 cm³/mol. The molecule has 0 aromatic heterocycles. The maximum absolute atomic E-state index is 12.9. The fourth-order valence-corrected chi connectivity index (χ4v) is 2.43. The Morgan fingerprint density at radius 2 is 1.83 bits per heavy atom. The Labute approximate surface area is 111 Å². The first-order chi connectivity index (χ1) is 8.39. The minimum absolute atomic E-state index is 0.0349. The monoisotopic (exact) mass is 320 g/mol. The molecule has 0 atom stereocenters. The number of likely N-dealkylation sites (tertiary alicyclic amines) is 1. The molecule has 98 valence electrons. The minimum atomic E-state index is -4.44. The number of halogens is 4. The number of rotatable bonds is 1. The molecule has 1 saturated heterocycles. The van der Waals surface area contributed by atoms with Crippen LogP contribution in [0.2, 0.25) is 0 Å². The molecule has 1 aromatic rings. The summed E-state index contributed by atoms with van der Waals surface area (Å²) in [5.74, 6) is -0.0349. The van der Waals surface area contributed by atoms with E-state index in [4.69, 9.17) is 5.41 Å². The molecule has 0 radical (unpaired) electrons. The topological polar surface area (TPSA) is 27.1 Å². The van der Waals surface area contributed by atoms with Crippen molar-refractivity contribution < 1.29 is 13.2 Å². The summed E-state index contributed by atoms with van der Waals surface area (Å²) in [5.41, 5.74) is -0.804. The third-order valence-corrected chi connectivity index (χ3v) is 3.46. The Hall–Kier alpha value is -1.04. The third kappa shape index (κ3) is 2.68. The van der Waals surface area contributed by atoms with Crippen molar-refractivity contribution in [3.05, 3.63) is 33.8 Å². The van der Waals surface area contributed by atoms with Crippen LogP contribution in [0, 0.1) is 5.41 Å². The van der Waals surface area contributed by atoms with Crippen molar-refractivity contribution in [1.82, 2.24) is 4.90 Å². The average Bonchev–Trinajstić information content (AvgIpc) is 2.80. The van der Waals surface area contributed by atoms with Gasteiger partial charge in [0.15, 0.2) is 0 Å². The van der Waals surface area contributed by atoms with Crippen molar-refractivity contribution in [3.63, 3.8) is 0 Å². The van der Waals surface area contributed by atoms with Crippen molar-refractivity contribution in [1.29, 1.82) is 5.41 Å². The van der Waals surface area contributed by atoms with E-state index in [0.29, 0.717) is 17.6 Å². The summed E-state index contributed by atoms with van der Waals surface area (Å²) in [6, 6.07) is 3.92. The molecule has 0 saturated carbocycles. The van der Waals surface area contributed by atoms with Crippen LogP contribution in [-0.4, -0.2) is 23.8 Å². The van der Waals surface area contributed by atoms with Crippen molar-refractivity contribution >= 4 is 21.8 Å². The van der Waals surface area contributed by atoms with Crippen LogP contribution in [0.5, 0.6) is 0 Å². The molecule has 0 bridgehead atoms. The number of hydrogen-bond donors (Lipinski definition) is 1. The van der Waals surface area contributed by atoms with E-state index in [2.05, 4.69) is 15.9 Å². The molecule has 1 heterocycles. The van der Waals surface area contributed by atoms with Gasteiger partial charge >= 0.3 is 6.18 Å². The van der Waals surface area contributed by atoms with Crippen molar-refractivity contribution in [2.75, 3.05) is 13.1 Å². The molecule has 0 spiro atoms. The molecule has 0 unspecified atom stereocenters. The highest BCUT2D eigenvalue weighted by molar-refractivity contribution is 9.10. The van der Waals surface area contributed by atoms with E-state index in [1.807, 2.05) is 0 Å². The second-order valence-electron chi connectivity index (χ2n) is 4.23. The van der Waals surface area contributed by atoms with E-state index in [0.717, 1.165) is 18.9 Å². The highest BCUT2D eigenvalue weighted by Crippen LogP contribution is 2.34.